The molecule has 0 bridgehead atoms. The van der Waals surface area contributed by atoms with Crippen molar-refractivity contribution in [1.82, 2.24) is 15.0 Å². The minimum atomic E-state index is -0.492. The Balaban J connectivity index is 1.40. The molecule has 10 nitrogen and oxygen atoms in total. The summed E-state index contributed by atoms with van der Waals surface area (Å²) >= 11 is 0. The van der Waals surface area contributed by atoms with Crippen LogP contribution in [0.4, 0.5) is 29.0 Å². The van der Waals surface area contributed by atoms with E-state index < -0.39 is 4.92 Å². The van der Waals surface area contributed by atoms with Gasteiger partial charge in [0.1, 0.15) is 17.8 Å². The number of hydrogen-bond donors (Lipinski definition) is 2. The molecule has 0 aliphatic rings. The maximum atomic E-state index is 13.3. The van der Waals surface area contributed by atoms with Gasteiger partial charge in [0.25, 0.3) is 5.69 Å². The number of pyridine rings is 1. The maximum Gasteiger partial charge on any atom is 0.287 e. The molecule has 0 saturated carbocycles. The lowest BCUT2D eigenvalue weighted by Gasteiger charge is -2.22. The van der Waals surface area contributed by atoms with Crippen LogP contribution < -0.4 is 15.5 Å². The van der Waals surface area contributed by atoms with Gasteiger partial charge >= 0.3 is 0 Å². The highest BCUT2D eigenvalue weighted by Gasteiger charge is 2.19. The average molecular weight is 484 g/mol. The molecule has 0 aliphatic heterocycles. The van der Waals surface area contributed by atoms with Gasteiger partial charge in [0, 0.05) is 37.8 Å². The van der Waals surface area contributed by atoms with E-state index in [1.807, 2.05) is 60.7 Å². The molecule has 2 N–H and O–H groups in total. The summed E-state index contributed by atoms with van der Waals surface area (Å²) < 4.78 is 0. The fraction of sp³-hybridized carbons (Fsp3) is 0.154. The van der Waals surface area contributed by atoms with Crippen LogP contribution >= 0.6 is 0 Å². The summed E-state index contributed by atoms with van der Waals surface area (Å²) in [5.41, 5.74) is 1.76. The Morgan fingerprint density at radius 1 is 0.889 bits per heavy atom. The number of para-hydroxylation sites is 1. The molecule has 0 fully saturated rings. The van der Waals surface area contributed by atoms with Crippen LogP contribution in [0.5, 0.6) is 0 Å². The highest BCUT2D eigenvalue weighted by atomic mass is 16.6. The Morgan fingerprint density at radius 3 is 2.31 bits per heavy atom. The van der Waals surface area contributed by atoms with Crippen LogP contribution in [0.3, 0.4) is 0 Å². The van der Waals surface area contributed by atoms with Crippen LogP contribution in [0.2, 0.25) is 0 Å². The normalized spacial score (nSPS) is 10.4. The van der Waals surface area contributed by atoms with E-state index in [0.717, 1.165) is 11.3 Å². The van der Waals surface area contributed by atoms with Gasteiger partial charge in [-0.2, -0.15) is 4.98 Å². The zero-order valence-corrected chi connectivity index (χ0v) is 19.4. The molecule has 4 rings (SSSR count). The summed E-state index contributed by atoms with van der Waals surface area (Å²) in [6.07, 6.45) is 3.77. The molecule has 2 aromatic carbocycles. The summed E-state index contributed by atoms with van der Waals surface area (Å²) in [6.45, 7) is 0.951. The highest BCUT2D eigenvalue weighted by molar-refractivity contribution is 5.99. The highest BCUT2D eigenvalue weighted by Crippen LogP contribution is 2.25. The number of carbonyl (C=O) groups excluding carboxylic acids is 1. The number of hydrogen-bond acceptors (Lipinski definition) is 8. The number of aromatic nitrogens is 3. The third-order valence-corrected chi connectivity index (χ3v) is 5.28. The molecule has 0 saturated heterocycles. The summed E-state index contributed by atoms with van der Waals surface area (Å²) in [5.74, 6) is 1.31. The number of nitro groups is 1. The van der Waals surface area contributed by atoms with Gasteiger partial charge in [-0.25, -0.2) is 9.97 Å². The Bertz CT molecular complexity index is 1290. The van der Waals surface area contributed by atoms with Crippen molar-refractivity contribution in [1.29, 1.82) is 0 Å². The number of carbonyl (C=O) groups is 1. The molecule has 10 heteroatoms. The van der Waals surface area contributed by atoms with Gasteiger partial charge in [0.15, 0.2) is 0 Å². The van der Waals surface area contributed by atoms with Crippen LogP contribution in [0.25, 0.3) is 0 Å². The van der Waals surface area contributed by atoms with Crippen LogP contribution in [-0.2, 0) is 11.2 Å². The van der Waals surface area contributed by atoms with Crippen molar-refractivity contribution < 1.29 is 9.72 Å². The average Bonchev–Trinajstić information content (AvgIpc) is 2.92. The Kier molecular flexibility index (Phi) is 8.10. The Labute approximate surface area is 208 Å². The third kappa shape index (κ3) is 6.60. The van der Waals surface area contributed by atoms with Crippen molar-refractivity contribution in [2.45, 2.75) is 12.8 Å². The molecule has 2 aromatic heterocycles. The summed E-state index contributed by atoms with van der Waals surface area (Å²) in [4.78, 5) is 38.0. The van der Waals surface area contributed by atoms with Gasteiger partial charge in [0.2, 0.25) is 11.9 Å². The van der Waals surface area contributed by atoms with E-state index in [9.17, 15) is 14.9 Å². The topological polar surface area (TPSA) is 126 Å². The lowest BCUT2D eigenvalue weighted by Crippen LogP contribution is -2.27. The number of aryl methyl sites for hydroxylation is 1. The van der Waals surface area contributed by atoms with Crippen LogP contribution in [0, 0.1) is 10.1 Å². The fourth-order valence-electron chi connectivity index (χ4n) is 3.51. The van der Waals surface area contributed by atoms with Crippen LogP contribution in [0.1, 0.15) is 12.0 Å². The minimum Gasteiger partial charge on any atom is -0.368 e. The van der Waals surface area contributed by atoms with Gasteiger partial charge in [-0.1, -0.05) is 48.5 Å². The number of nitrogens with one attached hydrogen (secondary N) is 2. The van der Waals surface area contributed by atoms with Crippen molar-refractivity contribution >= 4 is 34.9 Å². The number of benzene rings is 2. The van der Waals surface area contributed by atoms with Gasteiger partial charge in [-0.15, -0.1) is 0 Å². The number of anilines is 4. The lowest BCUT2D eigenvalue weighted by atomic mass is 10.1. The fourth-order valence-corrected chi connectivity index (χ4v) is 3.51. The standard InChI is InChI=1S/C26H25N7O3/c34-25(14-11-20-7-3-1-4-8-20)32(21-9-5-2-6-10-21)24-15-16-28-26(31-24)29-18-17-27-23-13-12-22(19-30-23)33(35)36/h1-10,12-13,15-16,19H,11,14,17-18H2,(H,27,30)(H,28,29,31). The first kappa shape index (κ1) is 24.3. The van der Waals surface area contributed by atoms with Crippen molar-refractivity contribution in [2.75, 3.05) is 28.6 Å². The second kappa shape index (κ2) is 12.0. The van der Waals surface area contributed by atoms with Crippen molar-refractivity contribution in [3.8, 4) is 0 Å². The Morgan fingerprint density at radius 2 is 1.61 bits per heavy atom. The SMILES string of the molecule is O=C(CCc1ccccc1)N(c1ccccc1)c1ccnc(NCCNc2ccc([N+](=O)[O-])cn2)n1. The molecule has 0 spiro atoms. The second-order valence-corrected chi connectivity index (χ2v) is 7.80. The molecule has 2 heterocycles. The van der Waals surface area contributed by atoms with E-state index in [4.69, 9.17) is 0 Å². The molecule has 1 amide bonds. The number of amides is 1. The number of nitrogens with zero attached hydrogens (tertiary/aromatic N) is 5. The predicted molar refractivity (Wildman–Crippen MR) is 138 cm³/mol. The monoisotopic (exact) mass is 483 g/mol. The predicted octanol–water partition coefficient (Wildman–Crippen LogP) is 4.60. The zero-order chi connectivity index (χ0) is 25.2. The molecule has 0 aliphatic carbocycles. The quantitative estimate of drug-likeness (QED) is 0.180. The first-order valence-electron chi connectivity index (χ1n) is 11.4. The third-order valence-electron chi connectivity index (χ3n) is 5.28. The molecule has 182 valence electrons. The van der Waals surface area contributed by atoms with Crippen LogP contribution in [-0.4, -0.2) is 38.9 Å². The largest absolute Gasteiger partial charge is 0.368 e. The van der Waals surface area contributed by atoms with Gasteiger partial charge in [0.05, 0.1) is 10.6 Å². The number of rotatable bonds is 11. The first-order chi connectivity index (χ1) is 17.6. The van der Waals surface area contributed by atoms with Gasteiger partial charge < -0.3 is 10.6 Å². The minimum absolute atomic E-state index is 0.0647. The molecule has 36 heavy (non-hydrogen) atoms. The summed E-state index contributed by atoms with van der Waals surface area (Å²) in [7, 11) is 0. The molecular formula is C26H25N7O3. The van der Waals surface area contributed by atoms with E-state index in [1.165, 1.54) is 12.3 Å². The maximum absolute atomic E-state index is 13.3. The molecular weight excluding hydrogens is 458 g/mol. The van der Waals surface area contributed by atoms with Crippen LogP contribution in [0.15, 0.2) is 91.3 Å². The molecule has 0 unspecified atom stereocenters. The molecule has 4 aromatic rings. The lowest BCUT2D eigenvalue weighted by molar-refractivity contribution is -0.385. The van der Waals surface area contributed by atoms with Gasteiger partial charge in [-0.3, -0.25) is 19.8 Å². The smallest absolute Gasteiger partial charge is 0.287 e. The van der Waals surface area contributed by atoms with Crippen molar-refractivity contribution in [2.24, 2.45) is 0 Å². The van der Waals surface area contributed by atoms with E-state index in [1.54, 1.807) is 23.2 Å². The van der Waals surface area contributed by atoms with Crippen molar-refractivity contribution in [3.05, 3.63) is 107 Å². The zero-order valence-electron chi connectivity index (χ0n) is 19.4. The summed E-state index contributed by atoms with van der Waals surface area (Å²) in [5, 5.41) is 16.9. The van der Waals surface area contributed by atoms with E-state index in [0.29, 0.717) is 43.5 Å². The second-order valence-electron chi connectivity index (χ2n) is 7.80. The van der Waals surface area contributed by atoms with E-state index in [2.05, 4.69) is 25.6 Å². The van der Waals surface area contributed by atoms with E-state index in [-0.39, 0.29) is 11.6 Å². The first-order valence-corrected chi connectivity index (χ1v) is 11.4. The van der Waals surface area contributed by atoms with E-state index >= 15 is 0 Å². The van der Waals surface area contributed by atoms with Crippen molar-refractivity contribution in [3.63, 3.8) is 0 Å². The molecule has 0 atom stereocenters. The van der Waals surface area contributed by atoms with Gasteiger partial charge in [-0.05, 0) is 30.2 Å². The molecule has 0 radical (unpaired) electrons. The summed E-state index contributed by atoms with van der Waals surface area (Å²) in [6, 6.07) is 23.9. The Hall–Kier alpha value is -4.86.